The molecule has 1 aromatic heterocycles. The molecule has 1 aromatic rings. The van der Waals surface area contributed by atoms with Crippen LogP contribution in [0.25, 0.3) is 0 Å². The summed E-state index contributed by atoms with van der Waals surface area (Å²) < 4.78 is 28.5. The van der Waals surface area contributed by atoms with Crippen LogP contribution in [0.15, 0.2) is 17.3 Å². The van der Waals surface area contributed by atoms with E-state index in [-0.39, 0.29) is 16.2 Å². The first kappa shape index (κ1) is 14.8. The molecule has 2 N–H and O–H groups in total. The zero-order valence-electron chi connectivity index (χ0n) is 10.9. The van der Waals surface area contributed by atoms with Crippen LogP contribution in [0.2, 0.25) is 0 Å². The molecule has 0 aromatic carbocycles. The maximum absolute atomic E-state index is 12.1. The minimum atomic E-state index is -3.48. The summed E-state index contributed by atoms with van der Waals surface area (Å²) in [7, 11) is -3.48. The fourth-order valence-electron chi connectivity index (χ4n) is 1.74. The van der Waals surface area contributed by atoms with Crippen LogP contribution in [0.5, 0.6) is 0 Å². The molecule has 1 saturated carbocycles. The first-order valence-corrected chi connectivity index (χ1v) is 8.90. The van der Waals surface area contributed by atoms with Gasteiger partial charge in [0.15, 0.2) is 0 Å². The largest absolute Gasteiger partial charge is 0.396 e. The molecule has 1 aliphatic rings. The first-order chi connectivity index (χ1) is 9.01. The summed E-state index contributed by atoms with van der Waals surface area (Å²) in [6.45, 7) is 1.05. The van der Waals surface area contributed by atoms with E-state index in [9.17, 15) is 8.42 Å². The second kappa shape index (κ2) is 5.82. The average molecular weight is 305 g/mol. The second-order valence-corrected chi connectivity index (χ2v) is 7.77. The van der Waals surface area contributed by atoms with Crippen molar-refractivity contribution < 1.29 is 13.5 Å². The molecular formula is C11H19N3O3S2. The number of aromatic nitrogens is 2. The summed E-state index contributed by atoms with van der Waals surface area (Å²) in [5.74, 6) is 0. The highest BCUT2D eigenvalue weighted by Gasteiger charge is 2.42. The van der Waals surface area contributed by atoms with Crippen molar-refractivity contribution in [2.75, 3.05) is 19.4 Å². The lowest BCUT2D eigenvalue weighted by Gasteiger charge is -2.12. The maximum Gasteiger partial charge on any atom is 0.243 e. The number of sulfonamides is 1. The van der Waals surface area contributed by atoms with Crippen molar-refractivity contribution in [3.8, 4) is 0 Å². The summed E-state index contributed by atoms with van der Waals surface area (Å²) in [6.07, 6.45) is 7.53. The van der Waals surface area contributed by atoms with Crippen LogP contribution in [0, 0.1) is 0 Å². The molecule has 19 heavy (non-hydrogen) atoms. The number of hydrogen-bond donors (Lipinski definition) is 2. The Labute approximate surface area is 117 Å². The molecule has 0 bridgehead atoms. The number of aryl methyl sites for hydroxylation is 1. The third kappa shape index (κ3) is 3.71. The van der Waals surface area contributed by atoms with E-state index in [1.54, 1.807) is 11.8 Å². The molecule has 0 amide bonds. The highest BCUT2D eigenvalue weighted by atomic mass is 32.2. The molecule has 1 aliphatic carbocycles. The zero-order chi connectivity index (χ0) is 13.9. The van der Waals surface area contributed by atoms with Crippen molar-refractivity contribution in [2.45, 2.75) is 35.4 Å². The quantitative estimate of drug-likeness (QED) is 0.728. The highest BCUT2D eigenvalue weighted by molar-refractivity contribution is 8.00. The Balaban J connectivity index is 1.97. The van der Waals surface area contributed by atoms with Gasteiger partial charge in [0.1, 0.15) is 4.90 Å². The van der Waals surface area contributed by atoms with Gasteiger partial charge in [0.25, 0.3) is 0 Å². The Bertz CT molecular complexity index is 523. The minimum absolute atomic E-state index is 0.0659. The predicted octanol–water partition coefficient (Wildman–Crippen LogP) is 0.439. The van der Waals surface area contributed by atoms with Crippen LogP contribution >= 0.6 is 11.8 Å². The van der Waals surface area contributed by atoms with Crippen LogP contribution in [0.4, 0.5) is 0 Å². The Morgan fingerprint density at radius 2 is 2.32 bits per heavy atom. The molecule has 1 fully saturated rings. The predicted molar refractivity (Wildman–Crippen MR) is 74.6 cm³/mol. The van der Waals surface area contributed by atoms with Crippen LogP contribution in [-0.2, 0) is 16.6 Å². The summed E-state index contributed by atoms with van der Waals surface area (Å²) in [5.41, 5.74) is 0. The molecule has 108 valence electrons. The first-order valence-electron chi connectivity index (χ1n) is 6.19. The number of nitrogens with one attached hydrogen (secondary N) is 1. The smallest absolute Gasteiger partial charge is 0.243 e. The molecule has 6 nitrogen and oxygen atoms in total. The van der Waals surface area contributed by atoms with Gasteiger partial charge in [0.05, 0.1) is 6.20 Å². The lowest BCUT2D eigenvalue weighted by Crippen LogP contribution is -2.31. The van der Waals surface area contributed by atoms with Gasteiger partial charge in [-0.25, -0.2) is 13.1 Å². The van der Waals surface area contributed by atoms with Crippen LogP contribution in [0.3, 0.4) is 0 Å². The van der Waals surface area contributed by atoms with E-state index in [0.29, 0.717) is 19.5 Å². The van der Waals surface area contributed by atoms with E-state index in [0.717, 1.165) is 12.8 Å². The fourth-order valence-corrected chi connectivity index (χ4v) is 3.64. The van der Waals surface area contributed by atoms with Gasteiger partial charge >= 0.3 is 0 Å². The Morgan fingerprint density at radius 3 is 2.89 bits per heavy atom. The Morgan fingerprint density at radius 1 is 1.58 bits per heavy atom. The van der Waals surface area contributed by atoms with Crippen molar-refractivity contribution in [2.24, 2.45) is 0 Å². The maximum atomic E-state index is 12.1. The van der Waals surface area contributed by atoms with E-state index >= 15 is 0 Å². The van der Waals surface area contributed by atoms with Crippen LogP contribution in [-0.4, -0.2) is 47.5 Å². The molecule has 0 aliphatic heterocycles. The molecule has 2 rings (SSSR count). The highest BCUT2D eigenvalue weighted by Crippen LogP contribution is 2.46. The molecule has 0 saturated heterocycles. The third-order valence-corrected chi connectivity index (χ3v) is 6.06. The van der Waals surface area contributed by atoms with Crippen molar-refractivity contribution in [1.29, 1.82) is 0 Å². The van der Waals surface area contributed by atoms with E-state index in [2.05, 4.69) is 9.82 Å². The molecule has 0 atom stereocenters. The average Bonchev–Trinajstić information content (AvgIpc) is 3.03. The van der Waals surface area contributed by atoms with Gasteiger partial charge in [0.2, 0.25) is 10.0 Å². The van der Waals surface area contributed by atoms with Crippen molar-refractivity contribution in [3.05, 3.63) is 12.4 Å². The van der Waals surface area contributed by atoms with Gasteiger partial charge in [-0.05, 0) is 25.5 Å². The Hall–Kier alpha value is -0.570. The molecule has 0 unspecified atom stereocenters. The fraction of sp³-hybridized carbons (Fsp3) is 0.727. The molecule has 0 spiro atoms. The van der Waals surface area contributed by atoms with Crippen molar-refractivity contribution in [1.82, 2.24) is 14.5 Å². The monoisotopic (exact) mass is 305 g/mol. The zero-order valence-corrected chi connectivity index (χ0v) is 12.5. The lowest BCUT2D eigenvalue weighted by atomic mass is 10.4. The van der Waals surface area contributed by atoms with Gasteiger partial charge in [-0.15, -0.1) is 0 Å². The number of hydrogen-bond acceptors (Lipinski definition) is 5. The lowest BCUT2D eigenvalue weighted by molar-refractivity contribution is 0.277. The number of nitrogens with zero attached hydrogens (tertiary/aromatic N) is 2. The standard InChI is InChI=1S/C11H19N3O3S2/c1-18-11(3-4-11)9-13-19(16,17)10-7-12-14(8-10)5-2-6-15/h7-8,13,15H,2-6,9H2,1H3. The molecule has 1 heterocycles. The summed E-state index contributed by atoms with van der Waals surface area (Å²) in [4.78, 5) is 0.183. The van der Waals surface area contributed by atoms with Crippen LogP contribution in [0.1, 0.15) is 19.3 Å². The molecule has 8 heteroatoms. The van der Waals surface area contributed by atoms with E-state index in [1.807, 2.05) is 6.26 Å². The molecule has 0 radical (unpaired) electrons. The SMILES string of the molecule is CSC1(CNS(=O)(=O)c2cnn(CCCO)c2)CC1. The van der Waals surface area contributed by atoms with Crippen molar-refractivity contribution >= 4 is 21.8 Å². The normalized spacial score (nSPS) is 17.6. The van der Waals surface area contributed by atoms with Crippen molar-refractivity contribution in [3.63, 3.8) is 0 Å². The van der Waals surface area contributed by atoms with Gasteiger partial charge < -0.3 is 5.11 Å². The van der Waals surface area contributed by atoms with Gasteiger partial charge in [-0.3, -0.25) is 4.68 Å². The van der Waals surface area contributed by atoms with Gasteiger partial charge in [-0.2, -0.15) is 16.9 Å². The van der Waals surface area contributed by atoms with Gasteiger partial charge in [-0.1, -0.05) is 0 Å². The summed E-state index contributed by atoms with van der Waals surface area (Å²) in [5, 5.41) is 12.7. The third-order valence-electron chi connectivity index (χ3n) is 3.29. The number of rotatable bonds is 8. The minimum Gasteiger partial charge on any atom is -0.396 e. The number of aliphatic hydroxyl groups is 1. The Kier molecular flexibility index (Phi) is 4.54. The summed E-state index contributed by atoms with van der Waals surface area (Å²) in [6, 6.07) is 0. The molecular weight excluding hydrogens is 286 g/mol. The number of thioether (sulfide) groups is 1. The van der Waals surface area contributed by atoms with Gasteiger partial charge in [0, 0.05) is 30.6 Å². The number of aliphatic hydroxyl groups excluding tert-OH is 1. The topological polar surface area (TPSA) is 84.2 Å². The van der Waals surface area contributed by atoms with Crippen LogP contribution < -0.4 is 4.72 Å². The summed E-state index contributed by atoms with van der Waals surface area (Å²) >= 11 is 1.71. The van der Waals surface area contributed by atoms with E-state index in [1.165, 1.54) is 17.1 Å². The van der Waals surface area contributed by atoms with E-state index < -0.39 is 10.0 Å². The van der Waals surface area contributed by atoms with E-state index in [4.69, 9.17) is 5.11 Å². The second-order valence-electron chi connectivity index (χ2n) is 4.73.